The highest BCUT2D eigenvalue weighted by Gasteiger charge is 2.19. The number of aromatic nitrogens is 2. The van der Waals surface area contributed by atoms with Crippen molar-refractivity contribution in [1.82, 2.24) is 14.9 Å². The van der Waals surface area contributed by atoms with Crippen LogP contribution in [0, 0.1) is 6.92 Å². The van der Waals surface area contributed by atoms with Gasteiger partial charge in [0.15, 0.2) is 0 Å². The second-order valence-corrected chi connectivity index (χ2v) is 5.87. The molecule has 1 fully saturated rings. The maximum absolute atomic E-state index is 5.49. The smallest absolute Gasteiger partial charge is 0.134 e. The average Bonchev–Trinajstić information content (AvgIpc) is 2.58. The zero-order valence-corrected chi connectivity index (χ0v) is 13.9. The summed E-state index contributed by atoms with van der Waals surface area (Å²) in [6, 6.07) is 8.43. The molecule has 1 saturated heterocycles. The van der Waals surface area contributed by atoms with Gasteiger partial charge in [-0.25, -0.2) is 9.97 Å². The lowest BCUT2D eigenvalue weighted by Crippen LogP contribution is -2.46. The molecule has 1 aliphatic heterocycles. The highest BCUT2D eigenvalue weighted by atomic mass is 16.5. The fraction of sp³-hybridized carbons (Fsp3) is 0.444. The van der Waals surface area contributed by atoms with Crippen LogP contribution in [0.5, 0.6) is 5.75 Å². The fourth-order valence-electron chi connectivity index (χ4n) is 2.96. The lowest BCUT2D eigenvalue weighted by Gasteiger charge is -2.35. The van der Waals surface area contributed by atoms with Crippen molar-refractivity contribution in [2.45, 2.75) is 20.4 Å². The van der Waals surface area contributed by atoms with E-state index >= 15 is 0 Å². The van der Waals surface area contributed by atoms with Crippen LogP contribution in [0.25, 0.3) is 0 Å². The number of rotatable bonds is 5. The third-order valence-corrected chi connectivity index (χ3v) is 4.18. The number of ether oxygens (including phenoxy) is 1. The van der Waals surface area contributed by atoms with Crippen molar-refractivity contribution in [3.05, 3.63) is 47.9 Å². The highest BCUT2D eigenvalue weighted by molar-refractivity contribution is 5.44. The Kier molecular flexibility index (Phi) is 5.08. The van der Waals surface area contributed by atoms with Crippen LogP contribution in [0.3, 0.4) is 0 Å². The van der Waals surface area contributed by atoms with Gasteiger partial charge in [0.25, 0.3) is 0 Å². The van der Waals surface area contributed by atoms with E-state index in [2.05, 4.69) is 51.0 Å². The van der Waals surface area contributed by atoms with Gasteiger partial charge in [-0.3, -0.25) is 4.90 Å². The van der Waals surface area contributed by atoms with Gasteiger partial charge in [-0.1, -0.05) is 12.1 Å². The molecule has 0 amide bonds. The molecule has 5 nitrogen and oxygen atoms in total. The van der Waals surface area contributed by atoms with E-state index in [0.717, 1.165) is 49.9 Å². The summed E-state index contributed by atoms with van der Waals surface area (Å²) in [6.45, 7) is 9.90. The van der Waals surface area contributed by atoms with Crippen molar-refractivity contribution >= 4 is 5.82 Å². The highest BCUT2D eigenvalue weighted by Crippen LogP contribution is 2.18. The molecule has 0 N–H and O–H groups in total. The van der Waals surface area contributed by atoms with Gasteiger partial charge in [0, 0.05) is 44.5 Å². The summed E-state index contributed by atoms with van der Waals surface area (Å²) in [5.74, 6) is 2.01. The van der Waals surface area contributed by atoms with Crippen LogP contribution in [0.1, 0.15) is 18.1 Å². The molecule has 0 atom stereocenters. The van der Waals surface area contributed by atoms with Crippen LogP contribution in [-0.2, 0) is 6.54 Å². The molecule has 0 bridgehead atoms. The molecule has 1 aliphatic rings. The van der Waals surface area contributed by atoms with Gasteiger partial charge in [0.1, 0.15) is 17.9 Å². The quantitative estimate of drug-likeness (QED) is 0.848. The van der Waals surface area contributed by atoms with Gasteiger partial charge < -0.3 is 9.64 Å². The van der Waals surface area contributed by atoms with Crippen LogP contribution in [0.2, 0.25) is 0 Å². The minimum atomic E-state index is 0.712. The molecule has 122 valence electrons. The molecule has 0 radical (unpaired) electrons. The number of benzene rings is 1. The molecule has 2 heterocycles. The van der Waals surface area contributed by atoms with Crippen LogP contribution in [0.4, 0.5) is 5.82 Å². The zero-order chi connectivity index (χ0) is 16.1. The van der Waals surface area contributed by atoms with Crippen molar-refractivity contribution in [2.24, 2.45) is 0 Å². The molecule has 5 heteroatoms. The molecular weight excluding hydrogens is 288 g/mol. The molecule has 1 aromatic heterocycles. The first-order chi connectivity index (χ1) is 11.3. The number of hydrogen-bond acceptors (Lipinski definition) is 5. The summed E-state index contributed by atoms with van der Waals surface area (Å²) < 4.78 is 5.49. The summed E-state index contributed by atoms with van der Waals surface area (Å²) >= 11 is 0. The third kappa shape index (κ3) is 3.99. The monoisotopic (exact) mass is 312 g/mol. The van der Waals surface area contributed by atoms with E-state index in [4.69, 9.17) is 4.74 Å². The maximum atomic E-state index is 5.49. The number of nitrogens with zero attached hydrogens (tertiary/aromatic N) is 4. The number of anilines is 1. The predicted molar refractivity (Wildman–Crippen MR) is 91.9 cm³/mol. The van der Waals surface area contributed by atoms with Crippen LogP contribution < -0.4 is 9.64 Å². The molecule has 23 heavy (non-hydrogen) atoms. The van der Waals surface area contributed by atoms with Crippen molar-refractivity contribution in [2.75, 3.05) is 37.7 Å². The van der Waals surface area contributed by atoms with E-state index < -0.39 is 0 Å². The Labute approximate surface area is 137 Å². The van der Waals surface area contributed by atoms with Gasteiger partial charge in [0.2, 0.25) is 0 Å². The van der Waals surface area contributed by atoms with E-state index in [9.17, 15) is 0 Å². The van der Waals surface area contributed by atoms with Crippen molar-refractivity contribution in [3.8, 4) is 5.75 Å². The lowest BCUT2D eigenvalue weighted by molar-refractivity contribution is 0.249. The molecular formula is C18H24N4O. The standard InChI is InChI=1S/C18H24N4O/c1-3-23-17-6-4-16(5-7-17)13-21-8-10-22(11-9-21)18-15(2)12-19-14-20-18/h4-7,12,14H,3,8-11,13H2,1-2H3. The van der Waals surface area contributed by atoms with E-state index in [1.807, 2.05) is 13.1 Å². The fourth-order valence-corrected chi connectivity index (χ4v) is 2.96. The maximum Gasteiger partial charge on any atom is 0.134 e. The van der Waals surface area contributed by atoms with Gasteiger partial charge in [-0.2, -0.15) is 0 Å². The second kappa shape index (κ2) is 7.42. The van der Waals surface area contributed by atoms with Gasteiger partial charge in [0.05, 0.1) is 6.61 Å². The zero-order valence-electron chi connectivity index (χ0n) is 13.9. The molecule has 0 saturated carbocycles. The van der Waals surface area contributed by atoms with E-state index in [-0.39, 0.29) is 0 Å². The van der Waals surface area contributed by atoms with Gasteiger partial charge in [-0.05, 0) is 31.5 Å². The molecule has 1 aromatic carbocycles. The third-order valence-electron chi connectivity index (χ3n) is 4.18. The first kappa shape index (κ1) is 15.7. The average molecular weight is 312 g/mol. The van der Waals surface area contributed by atoms with E-state index in [1.165, 1.54) is 5.56 Å². The predicted octanol–water partition coefficient (Wildman–Crippen LogP) is 2.51. The number of piperazine rings is 1. The van der Waals surface area contributed by atoms with Crippen LogP contribution in [-0.4, -0.2) is 47.7 Å². The van der Waals surface area contributed by atoms with Crippen molar-refractivity contribution in [3.63, 3.8) is 0 Å². The van der Waals surface area contributed by atoms with Crippen molar-refractivity contribution in [1.29, 1.82) is 0 Å². The summed E-state index contributed by atoms with van der Waals surface area (Å²) in [4.78, 5) is 13.3. The summed E-state index contributed by atoms with van der Waals surface area (Å²) in [6.07, 6.45) is 3.52. The Morgan fingerprint density at radius 3 is 2.48 bits per heavy atom. The van der Waals surface area contributed by atoms with E-state index in [0.29, 0.717) is 6.61 Å². The number of aryl methyl sites for hydroxylation is 1. The molecule has 3 rings (SSSR count). The minimum Gasteiger partial charge on any atom is -0.494 e. The Hall–Kier alpha value is -2.14. The van der Waals surface area contributed by atoms with E-state index in [1.54, 1.807) is 6.33 Å². The largest absolute Gasteiger partial charge is 0.494 e. The Balaban J connectivity index is 1.54. The van der Waals surface area contributed by atoms with Gasteiger partial charge in [-0.15, -0.1) is 0 Å². The Bertz CT molecular complexity index is 621. The van der Waals surface area contributed by atoms with Crippen LogP contribution >= 0.6 is 0 Å². The normalized spacial score (nSPS) is 15.7. The molecule has 0 aliphatic carbocycles. The summed E-state index contributed by atoms with van der Waals surface area (Å²) in [5.41, 5.74) is 2.48. The SMILES string of the molecule is CCOc1ccc(CN2CCN(c3ncncc3C)CC2)cc1. The Morgan fingerprint density at radius 1 is 1.09 bits per heavy atom. The molecule has 0 spiro atoms. The summed E-state index contributed by atoms with van der Waals surface area (Å²) in [7, 11) is 0. The second-order valence-electron chi connectivity index (χ2n) is 5.87. The Morgan fingerprint density at radius 2 is 1.83 bits per heavy atom. The first-order valence-electron chi connectivity index (χ1n) is 8.22. The lowest BCUT2D eigenvalue weighted by atomic mass is 10.2. The topological polar surface area (TPSA) is 41.5 Å². The number of hydrogen-bond donors (Lipinski definition) is 0. The van der Waals surface area contributed by atoms with Crippen molar-refractivity contribution < 1.29 is 4.74 Å². The molecule has 2 aromatic rings. The van der Waals surface area contributed by atoms with Gasteiger partial charge >= 0.3 is 0 Å². The molecule has 0 unspecified atom stereocenters. The first-order valence-corrected chi connectivity index (χ1v) is 8.22. The summed E-state index contributed by atoms with van der Waals surface area (Å²) in [5, 5.41) is 0. The van der Waals surface area contributed by atoms with Crippen LogP contribution in [0.15, 0.2) is 36.8 Å². The minimum absolute atomic E-state index is 0.712.